The summed E-state index contributed by atoms with van der Waals surface area (Å²) in [4.78, 5) is 16.8. The highest BCUT2D eigenvalue weighted by Gasteiger charge is 2.08. The number of hydrogen-bond donors (Lipinski definition) is 3. The number of anilines is 3. The molecule has 5 nitrogen and oxygen atoms in total. The first-order chi connectivity index (χ1) is 13.6. The SMILES string of the molecule is Cc1cc(Nc2nc3ccc(NC(=O)Cc4ccccc4)cc3s2)ccc1O. The Morgan fingerprint density at radius 3 is 2.61 bits per heavy atom. The van der Waals surface area contributed by atoms with Crippen LogP contribution in [0.5, 0.6) is 5.75 Å². The maximum atomic E-state index is 12.3. The standard InChI is InChI=1S/C22H19N3O2S/c1-14-11-16(8-10-19(14)26)24-22-25-18-9-7-17(13-20(18)28-22)23-21(27)12-15-5-3-2-4-6-15/h2-11,13,26H,12H2,1H3,(H,23,27)(H,24,25). The van der Waals surface area contributed by atoms with E-state index in [2.05, 4.69) is 15.6 Å². The van der Waals surface area contributed by atoms with Gasteiger partial charge in [0.05, 0.1) is 16.6 Å². The van der Waals surface area contributed by atoms with Crippen molar-refractivity contribution in [3.8, 4) is 5.75 Å². The number of nitrogens with zero attached hydrogens (tertiary/aromatic N) is 1. The van der Waals surface area contributed by atoms with Gasteiger partial charge in [-0.2, -0.15) is 0 Å². The van der Waals surface area contributed by atoms with Gasteiger partial charge in [0.1, 0.15) is 5.75 Å². The third-order valence-corrected chi connectivity index (χ3v) is 5.26. The first-order valence-electron chi connectivity index (χ1n) is 8.88. The minimum Gasteiger partial charge on any atom is -0.508 e. The summed E-state index contributed by atoms with van der Waals surface area (Å²) in [6.07, 6.45) is 0.342. The van der Waals surface area contributed by atoms with Gasteiger partial charge in [-0.15, -0.1) is 0 Å². The van der Waals surface area contributed by atoms with Crippen molar-refractivity contribution in [2.24, 2.45) is 0 Å². The van der Waals surface area contributed by atoms with E-state index in [-0.39, 0.29) is 11.7 Å². The average Bonchev–Trinajstić information content (AvgIpc) is 3.07. The van der Waals surface area contributed by atoms with Crippen molar-refractivity contribution in [3.05, 3.63) is 77.9 Å². The number of rotatable bonds is 5. The highest BCUT2D eigenvalue weighted by atomic mass is 32.1. The number of nitrogens with one attached hydrogen (secondary N) is 2. The molecular weight excluding hydrogens is 370 g/mol. The van der Waals surface area contributed by atoms with Gasteiger partial charge in [-0.05, 0) is 54.4 Å². The van der Waals surface area contributed by atoms with E-state index in [4.69, 9.17) is 0 Å². The summed E-state index contributed by atoms with van der Waals surface area (Å²) in [5.74, 6) is 0.221. The van der Waals surface area contributed by atoms with Crippen molar-refractivity contribution in [2.75, 3.05) is 10.6 Å². The number of hydrogen-bond acceptors (Lipinski definition) is 5. The Bertz CT molecular complexity index is 1140. The van der Waals surface area contributed by atoms with Crippen LogP contribution in [-0.4, -0.2) is 16.0 Å². The van der Waals surface area contributed by atoms with Crippen LogP contribution in [-0.2, 0) is 11.2 Å². The number of amides is 1. The number of thiazole rings is 1. The monoisotopic (exact) mass is 389 g/mol. The highest BCUT2D eigenvalue weighted by Crippen LogP contribution is 2.31. The lowest BCUT2D eigenvalue weighted by molar-refractivity contribution is -0.115. The van der Waals surface area contributed by atoms with Gasteiger partial charge in [0.15, 0.2) is 5.13 Å². The van der Waals surface area contributed by atoms with E-state index in [1.165, 1.54) is 11.3 Å². The molecule has 0 aliphatic carbocycles. The minimum absolute atomic E-state index is 0.0482. The molecular formula is C22H19N3O2S. The maximum absolute atomic E-state index is 12.3. The van der Waals surface area contributed by atoms with Crippen molar-refractivity contribution in [2.45, 2.75) is 13.3 Å². The van der Waals surface area contributed by atoms with Crippen molar-refractivity contribution < 1.29 is 9.90 Å². The molecule has 0 saturated heterocycles. The summed E-state index contributed by atoms with van der Waals surface area (Å²) in [5, 5.41) is 16.6. The van der Waals surface area contributed by atoms with Crippen LogP contribution in [0.4, 0.5) is 16.5 Å². The molecule has 0 aliphatic heterocycles. The van der Waals surface area contributed by atoms with Crippen LogP contribution >= 0.6 is 11.3 Å². The number of carbonyl (C=O) groups excluding carboxylic acids is 1. The van der Waals surface area contributed by atoms with Gasteiger partial charge in [0.25, 0.3) is 0 Å². The molecule has 0 unspecified atom stereocenters. The topological polar surface area (TPSA) is 74.2 Å². The number of phenols is 1. The molecule has 1 heterocycles. The minimum atomic E-state index is -0.0482. The van der Waals surface area contributed by atoms with Crippen LogP contribution in [0.25, 0.3) is 10.2 Å². The van der Waals surface area contributed by atoms with E-state index in [0.717, 1.165) is 37.8 Å². The van der Waals surface area contributed by atoms with Gasteiger partial charge in [-0.1, -0.05) is 41.7 Å². The van der Waals surface area contributed by atoms with Gasteiger partial charge in [0.2, 0.25) is 5.91 Å². The predicted molar refractivity (Wildman–Crippen MR) is 115 cm³/mol. The molecule has 0 bridgehead atoms. The lowest BCUT2D eigenvalue weighted by Crippen LogP contribution is -2.14. The number of carbonyl (C=O) groups is 1. The molecule has 0 fully saturated rings. The number of aromatic nitrogens is 1. The summed E-state index contributed by atoms with van der Waals surface area (Å²) < 4.78 is 0.982. The van der Waals surface area contributed by atoms with Crippen molar-refractivity contribution >= 4 is 44.0 Å². The maximum Gasteiger partial charge on any atom is 0.228 e. The summed E-state index contributed by atoms with van der Waals surface area (Å²) >= 11 is 1.51. The largest absolute Gasteiger partial charge is 0.508 e. The fourth-order valence-corrected chi connectivity index (χ4v) is 3.82. The van der Waals surface area contributed by atoms with Crippen molar-refractivity contribution in [1.29, 1.82) is 0 Å². The van der Waals surface area contributed by atoms with Gasteiger partial charge in [0, 0.05) is 11.4 Å². The van der Waals surface area contributed by atoms with Crippen LogP contribution in [0.15, 0.2) is 66.7 Å². The number of phenolic OH excluding ortho intramolecular Hbond substituents is 1. The molecule has 0 aliphatic rings. The Kier molecular flexibility index (Phi) is 4.95. The normalized spacial score (nSPS) is 10.8. The quantitative estimate of drug-likeness (QED) is 0.408. The van der Waals surface area contributed by atoms with Gasteiger partial charge in [-0.25, -0.2) is 4.98 Å². The second-order valence-corrected chi connectivity index (χ2v) is 7.57. The fraction of sp³-hybridized carbons (Fsp3) is 0.0909. The first-order valence-corrected chi connectivity index (χ1v) is 9.69. The van der Waals surface area contributed by atoms with E-state index >= 15 is 0 Å². The molecule has 140 valence electrons. The zero-order chi connectivity index (χ0) is 19.5. The van der Waals surface area contributed by atoms with Gasteiger partial charge >= 0.3 is 0 Å². The predicted octanol–water partition coefficient (Wildman–Crippen LogP) is 5.24. The molecule has 1 amide bonds. The van der Waals surface area contributed by atoms with E-state index in [9.17, 15) is 9.90 Å². The van der Waals surface area contributed by atoms with Crippen LogP contribution in [0.1, 0.15) is 11.1 Å². The molecule has 3 aromatic carbocycles. The summed E-state index contributed by atoms with van der Waals surface area (Å²) in [7, 11) is 0. The number of fused-ring (bicyclic) bond motifs is 1. The third kappa shape index (κ3) is 4.13. The van der Waals surface area contributed by atoms with Crippen LogP contribution in [0, 0.1) is 6.92 Å². The fourth-order valence-electron chi connectivity index (χ4n) is 2.90. The van der Waals surface area contributed by atoms with E-state index < -0.39 is 0 Å². The highest BCUT2D eigenvalue weighted by molar-refractivity contribution is 7.22. The lowest BCUT2D eigenvalue weighted by Gasteiger charge is -2.05. The lowest BCUT2D eigenvalue weighted by atomic mass is 10.1. The Morgan fingerprint density at radius 2 is 1.82 bits per heavy atom. The van der Waals surface area contributed by atoms with Gasteiger partial charge < -0.3 is 15.7 Å². The zero-order valence-electron chi connectivity index (χ0n) is 15.3. The average molecular weight is 389 g/mol. The summed E-state index contributed by atoms with van der Waals surface area (Å²) in [5.41, 5.74) is 4.27. The summed E-state index contributed by atoms with van der Waals surface area (Å²) in [6.45, 7) is 1.85. The van der Waals surface area contributed by atoms with Crippen molar-refractivity contribution in [1.82, 2.24) is 4.98 Å². The van der Waals surface area contributed by atoms with E-state index in [1.54, 1.807) is 6.07 Å². The second kappa shape index (κ2) is 7.70. The number of benzene rings is 3. The Morgan fingerprint density at radius 1 is 1.04 bits per heavy atom. The molecule has 0 atom stereocenters. The molecule has 28 heavy (non-hydrogen) atoms. The zero-order valence-corrected chi connectivity index (χ0v) is 16.1. The number of aromatic hydroxyl groups is 1. The molecule has 1 aromatic heterocycles. The summed E-state index contributed by atoms with van der Waals surface area (Å²) in [6, 6.07) is 20.7. The van der Waals surface area contributed by atoms with Crippen LogP contribution in [0.2, 0.25) is 0 Å². The molecule has 3 N–H and O–H groups in total. The van der Waals surface area contributed by atoms with Crippen LogP contribution in [0.3, 0.4) is 0 Å². The molecule has 6 heteroatoms. The molecule has 0 spiro atoms. The molecule has 4 aromatic rings. The second-order valence-electron chi connectivity index (χ2n) is 6.54. The third-order valence-electron chi connectivity index (χ3n) is 4.33. The smallest absolute Gasteiger partial charge is 0.228 e. The molecule has 0 radical (unpaired) electrons. The Balaban J connectivity index is 1.48. The van der Waals surface area contributed by atoms with Crippen LogP contribution < -0.4 is 10.6 Å². The van der Waals surface area contributed by atoms with Crippen molar-refractivity contribution in [3.63, 3.8) is 0 Å². The molecule has 0 saturated carbocycles. The number of aryl methyl sites for hydroxylation is 1. The van der Waals surface area contributed by atoms with E-state index in [1.807, 2.05) is 67.6 Å². The Hall–Kier alpha value is -3.38. The molecule has 4 rings (SSSR count). The van der Waals surface area contributed by atoms with Gasteiger partial charge in [-0.3, -0.25) is 4.79 Å². The van der Waals surface area contributed by atoms with E-state index in [0.29, 0.717) is 6.42 Å². The first kappa shape index (κ1) is 18.0. The Labute approximate surface area is 166 Å².